The highest BCUT2D eigenvalue weighted by atomic mass is 35.5. The lowest BCUT2D eigenvalue weighted by atomic mass is 10.1. The number of benzene rings is 2. The molecule has 0 saturated heterocycles. The number of hydrogen-bond donors (Lipinski definition) is 0. The maximum absolute atomic E-state index is 12.3. The molecule has 3 rings (SSSR count). The van der Waals surface area contributed by atoms with Gasteiger partial charge in [0.15, 0.2) is 0 Å². The van der Waals surface area contributed by atoms with E-state index in [-0.39, 0.29) is 34.4 Å². The Morgan fingerprint density at radius 3 is 1.96 bits per heavy atom. The van der Waals surface area contributed by atoms with E-state index in [9.17, 15) is 19.2 Å². The average Bonchev–Trinajstić information content (AvgIpc) is 2.90. The van der Waals surface area contributed by atoms with E-state index in [2.05, 4.69) is 0 Å². The van der Waals surface area contributed by atoms with Crippen LogP contribution in [0, 0.1) is 0 Å². The zero-order chi connectivity index (χ0) is 20.3. The molecule has 0 N–H and O–H groups in total. The van der Waals surface area contributed by atoms with E-state index >= 15 is 0 Å². The number of ether oxygens (including phenoxy) is 2. The van der Waals surface area contributed by atoms with Gasteiger partial charge >= 0.3 is 11.9 Å². The van der Waals surface area contributed by atoms with Crippen LogP contribution in [0.4, 0.5) is 0 Å². The third kappa shape index (κ3) is 4.16. The zero-order valence-corrected chi connectivity index (χ0v) is 15.8. The molecule has 0 saturated carbocycles. The molecule has 0 unspecified atom stereocenters. The lowest BCUT2D eigenvalue weighted by Gasteiger charge is -2.13. The summed E-state index contributed by atoms with van der Waals surface area (Å²) in [6, 6.07) is 10.9. The number of carbonyl (C=O) groups is 4. The van der Waals surface area contributed by atoms with Gasteiger partial charge in [-0.2, -0.15) is 0 Å². The van der Waals surface area contributed by atoms with Crippen molar-refractivity contribution >= 4 is 47.0 Å². The van der Waals surface area contributed by atoms with Gasteiger partial charge in [-0.05, 0) is 24.3 Å². The molecule has 1 aliphatic heterocycles. The van der Waals surface area contributed by atoms with Crippen LogP contribution in [0.25, 0.3) is 0 Å². The highest BCUT2D eigenvalue weighted by Crippen LogP contribution is 2.31. The lowest BCUT2D eigenvalue weighted by Crippen LogP contribution is -2.36. The van der Waals surface area contributed by atoms with E-state index in [1.54, 1.807) is 30.3 Å². The Labute approximate surface area is 169 Å². The van der Waals surface area contributed by atoms with E-state index in [1.165, 1.54) is 12.1 Å². The zero-order valence-electron chi connectivity index (χ0n) is 14.3. The standard InChI is InChI=1S/C19H13Cl2NO6/c20-14-8-12-13(9-15(14)21)18(25)22(17(12)24)10-16(23)27-6-7-28-19(26)11-4-2-1-3-5-11/h1-5,8-9H,6-7,10H2. The van der Waals surface area contributed by atoms with Gasteiger partial charge < -0.3 is 9.47 Å². The lowest BCUT2D eigenvalue weighted by molar-refractivity contribution is -0.145. The van der Waals surface area contributed by atoms with Crippen LogP contribution >= 0.6 is 23.2 Å². The van der Waals surface area contributed by atoms with Crippen molar-refractivity contribution in [1.29, 1.82) is 0 Å². The first-order valence-electron chi connectivity index (χ1n) is 8.11. The molecule has 0 fully saturated rings. The normalized spacial score (nSPS) is 12.7. The second-order valence-corrected chi connectivity index (χ2v) is 6.55. The van der Waals surface area contributed by atoms with E-state index in [0.717, 1.165) is 4.90 Å². The number of imide groups is 1. The molecule has 2 aromatic rings. The monoisotopic (exact) mass is 421 g/mol. The van der Waals surface area contributed by atoms with Gasteiger partial charge in [-0.15, -0.1) is 0 Å². The largest absolute Gasteiger partial charge is 0.461 e. The summed E-state index contributed by atoms with van der Waals surface area (Å²) in [6.07, 6.45) is 0. The molecule has 144 valence electrons. The predicted molar refractivity (Wildman–Crippen MR) is 99.5 cm³/mol. The van der Waals surface area contributed by atoms with Crippen LogP contribution in [-0.4, -0.2) is 48.4 Å². The molecule has 9 heteroatoms. The summed E-state index contributed by atoms with van der Waals surface area (Å²) in [5.74, 6) is -2.69. The number of fused-ring (bicyclic) bond motifs is 1. The molecular weight excluding hydrogens is 409 g/mol. The van der Waals surface area contributed by atoms with Crippen molar-refractivity contribution < 1.29 is 28.7 Å². The summed E-state index contributed by atoms with van der Waals surface area (Å²) in [4.78, 5) is 49.0. The van der Waals surface area contributed by atoms with Crippen molar-refractivity contribution in [2.24, 2.45) is 0 Å². The molecule has 2 aromatic carbocycles. The maximum atomic E-state index is 12.3. The molecule has 0 radical (unpaired) electrons. The van der Waals surface area contributed by atoms with E-state index < -0.39 is 30.3 Å². The smallest absolute Gasteiger partial charge is 0.338 e. The maximum Gasteiger partial charge on any atom is 0.338 e. The van der Waals surface area contributed by atoms with Crippen LogP contribution in [0.3, 0.4) is 0 Å². The fourth-order valence-corrected chi connectivity index (χ4v) is 2.88. The molecule has 0 aromatic heterocycles. The SMILES string of the molecule is O=C(CN1C(=O)c2cc(Cl)c(Cl)cc2C1=O)OCCOC(=O)c1ccccc1. The molecule has 1 heterocycles. The van der Waals surface area contributed by atoms with Crippen molar-refractivity contribution in [3.63, 3.8) is 0 Å². The number of nitrogens with zero attached hydrogens (tertiary/aromatic N) is 1. The Bertz CT molecular complexity index is 919. The first-order chi connectivity index (χ1) is 13.4. The summed E-state index contributed by atoms with van der Waals surface area (Å²) >= 11 is 11.7. The topological polar surface area (TPSA) is 90.0 Å². The van der Waals surface area contributed by atoms with Crippen molar-refractivity contribution in [3.05, 3.63) is 69.2 Å². The summed E-state index contributed by atoms with van der Waals surface area (Å²) < 4.78 is 9.89. The van der Waals surface area contributed by atoms with Gasteiger partial charge in [0, 0.05) is 0 Å². The molecule has 2 amide bonds. The minimum atomic E-state index is -0.817. The first-order valence-corrected chi connectivity index (χ1v) is 8.87. The van der Waals surface area contributed by atoms with Crippen LogP contribution in [0.5, 0.6) is 0 Å². The van der Waals surface area contributed by atoms with Gasteiger partial charge in [-0.25, -0.2) is 4.79 Å². The Kier molecular flexibility index (Phi) is 5.96. The highest BCUT2D eigenvalue weighted by molar-refractivity contribution is 6.43. The molecule has 7 nitrogen and oxygen atoms in total. The van der Waals surface area contributed by atoms with Crippen molar-refractivity contribution in [3.8, 4) is 0 Å². The predicted octanol–water partition coefficient (Wildman–Crippen LogP) is 2.99. The molecule has 0 aliphatic carbocycles. The van der Waals surface area contributed by atoms with Gasteiger partial charge in [0.05, 0.1) is 26.7 Å². The van der Waals surface area contributed by atoms with Crippen molar-refractivity contribution in [2.75, 3.05) is 19.8 Å². The number of esters is 2. The molecule has 1 aliphatic rings. The third-order valence-corrected chi connectivity index (χ3v) is 4.61. The Morgan fingerprint density at radius 1 is 0.857 bits per heavy atom. The van der Waals surface area contributed by atoms with Crippen LogP contribution in [0.15, 0.2) is 42.5 Å². The van der Waals surface area contributed by atoms with E-state index in [1.807, 2.05) is 0 Å². The van der Waals surface area contributed by atoms with Crippen molar-refractivity contribution in [2.45, 2.75) is 0 Å². The molecule has 0 bridgehead atoms. The first kappa shape index (κ1) is 19.9. The number of hydrogen-bond acceptors (Lipinski definition) is 6. The van der Waals surface area contributed by atoms with E-state index in [0.29, 0.717) is 5.56 Å². The Morgan fingerprint density at radius 2 is 1.39 bits per heavy atom. The summed E-state index contributed by atoms with van der Waals surface area (Å²) in [6.45, 7) is -0.945. The minimum Gasteiger partial charge on any atom is -0.461 e. The summed E-state index contributed by atoms with van der Waals surface area (Å²) in [5.41, 5.74) is 0.519. The number of rotatable bonds is 6. The fourth-order valence-electron chi connectivity index (χ4n) is 2.55. The quantitative estimate of drug-likeness (QED) is 0.404. The van der Waals surface area contributed by atoms with Gasteiger partial charge in [0.25, 0.3) is 11.8 Å². The molecular formula is C19H13Cl2NO6. The summed E-state index contributed by atoms with van der Waals surface area (Å²) in [5, 5.41) is 0.262. The second-order valence-electron chi connectivity index (χ2n) is 5.73. The molecule has 0 atom stereocenters. The van der Waals surface area contributed by atoms with Crippen LogP contribution in [0.2, 0.25) is 10.0 Å². The second kappa shape index (κ2) is 8.41. The van der Waals surface area contributed by atoms with Crippen LogP contribution in [0.1, 0.15) is 31.1 Å². The van der Waals surface area contributed by atoms with Crippen molar-refractivity contribution in [1.82, 2.24) is 4.90 Å². The Hall–Kier alpha value is -2.90. The minimum absolute atomic E-state index is 0.0731. The Balaban J connectivity index is 1.50. The fraction of sp³-hybridized carbons (Fsp3) is 0.158. The number of carbonyl (C=O) groups excluding carboxylic acids is 4. The van der Waals surface area contributed by atoms with Gasteiger partial charge in [-0.1, -0.05) is 41.4 Å². The average molecular weight is 422 g/mol. The highest BCUT2D eigenvalue weighted by Gasteiger charge is 2.37. The third-order valence-electron chi connectivity index (χ3n) is 3.89. The number of amides is 2. The van der Waals surface area contributed by atoms with Gasteiger partial charge in [0.1, 0.15) is 19.8 Å². The van der Waals surface area contributed by atoms with Crippen LogP contribution < -0.4 is 0 Å². The van der Waals surface area contributed by atoms with Gasteiger partial charge in [-0.3, -0.25) is 19.3 Å². The van der Waals surface area contributed by atoms with Crippen LogP contribution in [-0.2, 0) is 14.3 Å². The number of halogens is 2. The molecule has 28 heavy (non-hydrogen) atoms. The van der Waals surface area contributed by atoms with Gasteiger partial charge in [0.2, 0.25) is 0 Å². The molecule has 0 spiro atoms. The van der Waals surface area contributed by atoms with E-state index in [4.69, 9.17) is 32.7 Å². The summed E-state index contributed by atoms with van der Waals surface area (Å²) in [7, 11) is 0.